The average molecular weight is 356 g/mol. The summed E-state index contributed by atoms with van der Waals surface area (Å²) in [5, 5.41) is 2.81. The van der Waals surface area contributed by atoms with Gasteiger partial charge >= 0.3 is 5.69 Å². The lowest BCUT2D eigenvalue weighted by molar-refractivity contribution is -0.124. The first-order chi connectivity index (χ1) is 11.2. The third-order valence-electron chi connectivity index (χ3n) is 4.43. The second-order valence-corrected chi connectivity index (χ2v) is 8.17. The summed E-state index contributed by atoms with van der Waals surface area (Å²) >= 11 is 0. The first kappa shape index (κ1) is 16.9. The van der Waals surface area contributed by atoms with Gasteiger partial charge in [0.05, 0.1) is 0 Å². The predicted molar refractivity (Wildman–Crippen MR) is 85.0 cm³/mol. The maximum atomic E-state index is 12.9. The molecule has 0 bridgehead atoms. The van der Waals surface area contributed by atoms with E-state index in [2.05, 4.69) is 5.32 Å². The second-order valence-electron chi connectivity index (χ2n) is 6.31. The topological polar surface area (TPSA) is 110 Å². The summed E-state index contributed by atoms with van der Waals surface area (Å²) in [6, 6.07) is -0.675. The number of carbonyl (C=O) groups is 1. The molecule has 1 aliphatic heterocycles. The Morgan fingerprint density at radius 1 is 1.21 bits per heavy atom. The summed E-state index contributed by atoms with van der Waals surface area (Å²) in [6.45, 7) is 0.178. The highest BCUT2D eigenvalue weighted by atomic mass is 32.2. The zero-order valence-corrected chi connectivity index (χ0v) is 14.4. The maximum absolute atomic E-state index is 12.9. The van der Waals surface area contributed by atoms with Gasteiger partial charge in [0.2, 0.25) is 5.91 Å². The van der Waals surface area contributed by atoms with Gasteiger partial charge in [0.1, 0.15) is 6.04 Å². The summed E-state index contributed by atoms with van der Waals surface area (Å²) in [5.41, 5.74) is -1.49. The third-order valence-corrected chi connectivity index (χ3v) is 6.32. The number of hydrogen-bond acceptors (Lipinski definition) is 5. The second kappa shape index (κ2) is 5.85. The van der Waals surface area contributed by atoms with E-state index in [0.29, 0.717) is 12.8 Å². The van der Waals surface area contributed by atoms with Crippen molar-refractivity contribution in [3.05, 3.63) is 27.0 Å². The Balaban J connectivity index is 1.99. The number of carbonyl (C=O) groups excluding carboxylic acids is 1. The van der Waals surface area contributed by atoms with Crippen molar-refractivity contribution in [3.8, 4) is 0 Å². The van der Waals surface area contributed by atoms with E-state index in [9.17, 15) is 22.8 Å². The highest BCUT2D eigenvalue weighted by molar-refractivity contribution is 7.89. The van der Waals surface area contributed by atoms with Crippen LogP contribution in [0.4, 0.5) is 0 Å². The Bertz CT molecular complexity index is 897. The molecule has 1 saturated carbocycles. The lowest BCUT2D eigenvalue weighted by atomic mass is 10.2. The van der Waals surface area contributed by atoms with E-state index in [4.69, 9.17) is 0 Å². The van der Waals surface area contributed by atoms with Gasteiger partial charge < -0.3 is 9.88 Å². The molecule has 10 heteroatoms. The molecule has 1 aliphatic carbocycles. The van der Waals surface area contributed by atoms with Crippen molar-refractivity contribution in [3.63, 3.8) is 0 Å². The SMILES string of the molecule is Cn1cc(S(=O)(=O)N2CCC[C@H]2C(=O)NC2CC2)c(=O)n(C)c1=O. The van der Waals surface area contributed by atoms with E-state index in [-0.39, 0.29) is 18.5 Å². The fraction of sp³-hybridized carbons (Fsp3) is 0.643. The van der Waals surface area contributed by atoms with Gasteiger partial charge in [-0.05, 0) is 25.7 Å². The van der Waals surface area contributed by atoms with E-state index in [1.165, 1.54) is 14.1 Å². The standard InChI is InChI=1S/C14H20N4O5S/c1-16-8-11(13(20)17(2)14(16)21)24(22,23)18-7-3-4-10(18)12(19)15-9-5-6-9/h8-10H,3-7H2,1-2H3,(H,15,19)/t10-/m0/s1. The first-order valence-electron chi connectivity index (χ1n) is 7.82. The highest BCUT2D eigenvalue weighted by Crippen LogP contribution is 2.26. The number of nitrogens with one attached hydrogen (secondary N) is 1. The van der Waals surface area contributed by atoms with Crippen LogP contribution in [0.5, 0.6) is 0 Å². The van der Waals surface area contributed by atoms with E-state index >= 15 is 0 Å². The number of sulfonamides is 1. The molecular weight excluding hydrogens is 336 g/mol. The van der Waals surface area contributed by atoms with Crippen molar-refractivity contribution in [1.82, 2.24) is 18.8 Å². The van der Waals surface area contributed by atoms with Crippen molar-refractivity contribution < 1.29 is 13.2 Å². The zero-order valence-electron chi connectivity index (χ0n) is 13.6. The fourth-order valence-electron chi connectivity index (χ4n) is 2.89. The van der Waals surface area contributed by atoms with Gasteiger partial charge in [-0.3, -0.25) is 14.2 Å². The summed E-state index contributed by atoms with van der Waals surface area (Å²) in [5.74, 6) is -0.319. The molecular formula is C14H20N4O5S. The molecule has 0 unspecified atom stereocenters. The summed E-state index contributed by atoms with van der Waals surface area (Å²) in [4.78, 5) is 35.8. The number of rotatable bonds is 4. The van der Waals surface area contributed by atoms with Crippen LogP contribution in [-0.4, -0.2) is 46.4 Å². The lowest BCUT2D eigenvalue weighted by Crippen LogP contribution is -2.48. The van der Waals surface area contributed by atoms with E-state index in [0.717, 1.165) is 32.5 Å². The van der Waals surface area contributed by atoms with Gasteiger partial charge in [0.15, 0.2) is 4.90 Å². The van der Waals surface area contributed by atoms with Crippen molar-refractivity contribution in [2.45, 2.75) is 42.7 Å². The molecule has 1 N–H and O–H groups in total. The molecule has 2 heterocycles. The largest absolute Gasteiger partial charge is 0.352 e. The van der Waals surface area contributed by atoms with Crippen molar-refractivity contribution in [2.75, 3.05) is 6.54 Å². The number of aromatic nitrogens is 2. The van der Waals surface area contributed by atoms with Gasteiger partial charge in [0, 0.05) is 32.9 Å². The summed E-state index contributed by atoms with van der Waals surface area (Å²) in [6.07, 6.45) is 3.81. The monoisotopic (exact) mass is 356 g/mol. The molecule has 1 amide bonds. The van der Waals surface area contributed by atoms with E-state index < -0.39 is 32.2 Å². The number of aryl methyl sites for hydroxylation is 1. The van der Waals surface area contributed by atoms with Crippen LogP contribution in [0.25, 0.3) is 0 Å². The van der Waals surface area contributed by atoms with Crippen LogP contribution in [-0.2, 0) is 28.9 Å². The number of amides is 1. The molecule has 0 radical (unpaired) electrons. The molecule has 0 aromatic carbocycles. The Kier molecular flexibility index (Phi) is 4.12. The molecule has 1 aromatic heterocycles. The van der Waals surface area contributed by atoms with Gasteiger partial charge in [0.25, 0.3) is 15.6 Å². The minimum absolute atomic E-state index is 0.132. The number of hydrogen-bond donors (Lipinski definition) is 1. The Hall–Kier alpha value is -1.94. The smallest absolute Gasteiger partial charge is 0.330 e. The Morgan fingerprint density at radius 2 is 1.88 bits per heavy atom. The van der Waals surface area contributed by atoms with Crippen LogP contribution in [0.2, 0.25) is 0 Å². The van der Waals surface area contributed by atoms with E-state index in [1.807, 2.05) is 0 Å². The van der Waals surface area contributed by atoms with Crippen LogP contribution in [0.3, 0.4) is 0 Å². The Morgan fingerprint density at radius 3 is 2.50 bits per heavy atom. The molecule has 132 valence electrons. The van der Waals surface area contributed by atoms with Crippen molar-refractivity contribution in [2.24, 2.45) is 14.1 Å². The van der Waals surface area contributed by atoms with Crippen LogP contribution in [0, 0.1) is 0 Å². The van der Waals surface area contributed by atoms with Gasteiger partial charge in [-0.25, -0.2) is 13.2 Å². The van der Waals surface area contributed by atoms with Crippen LogP contribution in [0.1, 0.15) is 25.7 Å². The first-order valence-corrected chi connectivity index (χ1v) is 9.26. The van der Waals surface area contributed by atoms with Crippen molar-refractivity contribution in [1.29, 1.82) is 0 Å². The molecule has 9 nitrogen and oxygen atoms in total. The summed E-state index contributed by atoms with van der Waals surface area (Å²) < 4.78 is 28.7. The summed E-state index contributed by atoms with van der Waals surface area (Å²) in [7, 11) is -1.56. The molecule has 2 aliphatic rings. The zero-order chi connectivity index (χ0) is 17.6. The molecule has 0 spiro atoms. The highest BCUT2D eigenvalue weighted by Gasteiger charge is 2.42. The van der Waals surface area contributed by atoms with Gasteiger partial charge in [-0.1, -0.05) is 0 Å². The lowest BCUT2D eigenvalue weighted by Gasteiger charge is -2.23. The molecule has 3 rings (SSSR count). The molecule has 2 fully saturated rings. The van der Waals surface area contributed by atoms with Crippen LogP contribution < -0.4 is 16.6 Å². The molecule has 1 saturated heterocycles. The van der Waals surface area contributed by atoms with Crippen LogP contribution >= 0.6 is 0 Å². The molecule has 1 atom stereocenters. The number of nitrogens with zero attached hydrogens (tertiary/aromatic N) is 3. The van der Waals surface area contributed by atoms with Gasteiger partial charge in [-0.15, -0.1) is 0 Å². The normalized spacial score (nSPS) is 21.8. The maximum Gasteiger partial charge on any atom is 0.330 e. The third kappa shape index (κ3) is 2.80. The van der Waals surface area contributed by atoms with Crippen LogP contribution in [0.15, 0.2) is 20.7 Å². The van der Waals surface area contributed by atoms with E-state index in [1.54, 1.807) is 0 Å². The van der Waals surface area contributed by atoms with Gasteiger partial charge in [-0.2, -0.15) is 4.31 Å². The minimum atomic E-state index is -4.16. The van der Waals surface area contributed by atoms with Crippen molar-refractivity contribution >= 4 is 15.9 Å². The Labute approximate surface area is 138 Å². The predicted octanol–water partition coefficient (Wildman–Crippen LogP) is -1.48. The average Bonchev–Trinajstić information content (AvgIpc) is 3.19. The minimum Gasteiger partial charge on any atom is -0.352 e. The molecule has 1 aromatic rings. The fourth-order valence-corrected chi connectivity index (χ4v) is 4.70. The quantitative estimate of drug-likeness (QED) is 0.707. The molecule has 24 heavy (non-hydrogen) atoms.